The summed E-state index contributed by atoms with van der Waals surface area (Å²) in [5.41, 5.74) is 2.48. The Morgan fingerprint density at radius 2 is 1.84 bits per heavy atom. The van der Waals surface area contributed by atoms with Crippen molar-refractivity contribution in [3.63, 3.8) is 0 Å². The number of para-hydroxylation sites is 2. The van der Waals surface area contributed by atoms with Gasteiger partial charge in [0.15, 0.2) is 0 Å². The van der Waals surface area contributed by atoms with Gasteiger partial charge in [0.2, 0.25) is 17.8 Å². The van der Waals surface area contributed by atoms with Gasteiger partial charge in [-0.15, -0.1) is 11.8 Å². The van der Waals surface area contributed by atoms with Crippen LogP contribution in [0, 0.1) is 5.82 Å². The van der Waals surface area contributed by atoms with E-state index in [4.69, 9.17) is 0 Å². The molecule has 7 nitrogen and oxygen atoms in total. The largest absolute Gasteiger partial charge is 0.341 e. The van der Waals surface area contributed by atoms with Gasteiger partial charge in [-0.3, -0.25) is 9.59 Å². The average molecular weight is 442 g/mol. The lowest BCUT2D eigenvalue weighted by atomic mass is 10.3. The second kappa shape index (κ2) is 9.82. The van der Waals surface area contributed by atoms with E-state index in [0.29, 0.717) is 25.3 Å². The monoisotopic (exact) mass is 441 g/mol. The number of carbonyl (C=O) groups excluding carboxylic acids is 2. The Kier molecular flexibility index (Phi) is 6.71. The van der Waals surface area contributed by atoms with Crippen molar-refractivity contribution in [3.8, 4) is 0 Å². The van der Waals surface area contributed by atoms with Crippen molar-refractivity contribution in [2.75, 3.05) is 47.9 Å². The Bertz CT molecular complexity index is 1020. The minimum Gasteiger partial charge on any atom is -0.341 e. The highest BCUT2D eigenvalue weighted by atomic mass is 32.2. The quantitative estimate of drug-likeness (QED) is 0.614. The predicted octanol–water partition coefficient (Wildman–Crippen LogP) is 3.11. The number of nitrogens with one attached hydrogen (secondary N) is 2. The van der Waals surface area contributed by atoms with Crippen LogP contribution >= 0.6 is 11.8 Å². The molecule has 1 fully saturated rings. The number of halogens is 1. The van der Waals surface area contributed by atoms with E-state index in [2.05, 4.69) is 20.2 Å². The van der Waals surface area contributed by atoms with Gasteiger partial charge < -0.3 is 20.1 Å². The van der Waals surface area contributed by atoms with Gasteiger partial charge in [-0.05, 0) is 42.8 Å². The highest BCUT2D eigenvalue weighted by Crippen LogP contribution is 2.19. The van der Waals surface area contributed by atoms with Crippen LogP contribution in [0.15, 0.2) is 48.5 Å². The number of amides is 2. The Labute approximate surface area is 184 Å². The minimum absolute atomic E-state index is 0.0334. The lowest BCUT2D eigenvalue weighted by molar-refractivity contribution is -0.128. The number of hydrogen-bond donors (Lipinski definition) is 2. The topological polar surface area (TPSA) is 81.3 Å². The molecule has 1 saturated heterocycles. The van der Waals surface area contributed by atoms with Gasteiger partial charge in [0.25, 0.3) is 0 Å². The van der Waals surface area contributed by atoms with Crippen LogP contribution in [0.1, 0.15) is 6.42 Å². The summed E-state index contributed by atoms with van der Waals surface area (Å²) in [7, 11) is 0. The molecule has 1 aliphatic heterocycles. The lowest BCUT2D eigenvalue weighted by Gasteiger charge is -2.21. The summed E-state index contributed by atoms with van der Waals surface area (Å²) in [4.78, 5) is 36.7. The molecular formula is C22H24FN5O2S. The van der Waals surface area contributed by atoms with Crippen molar-refractivity contribution >= 4 is 46.2 Å². The van der Waals surface area contributed by atoms with Crippen molar-refractivity contribution in [1.82, 2.24) is 14.9 Å². The van der Waals surface area contributed by atoms with Gasteiger partial charge in [-0.2, -0.15) is 0 Å². The van der Waals surface area contributed by atoms with Crippen LogP contribution in [0.25, 0.3) is 11.0 Å². The van der Waals surface area contributed by atoms with Crippen LogP contribution < -0.4 is 10.2 Å². The van der Waals surface area contributed by atoms with Crippen LogP contribution in [0.3, 0.4) is 0 Å². The standard InChI is InChI=1S/C22H24FN5O2S/c23-16-6-8-17(9-7-16)24-20(29)14-31-15-21(30)27-10-3-11-28(13-12-27)22-25-18-4-1-2-5-19(18)26-22/h1-2,4-9H,3,10-15H2,(H,24,29)(H,25,26). The number of benzene rings is 2. The third-order valence-corrected chi connectivity index (χ3v) is 6.03. The first-order chi connectivity index (χ1) is 15.1. The summed E-state index contributed by atoms with van der Waals surface area (Å²) < 4.78 is 12.9. The first kappa shape index (κ1) is 21.2. The number of carbonyl (C=O) groups is 2. The molecule has 31 heavy (non-hydrogen) atoms. The van der Waals surface area contributed by atoms with E-state index >= 15 is 0 Å². The number of aromatic nitrogens is 2. The van der Waals surface area contributed by atoms with E-state index in [1.165, 1.54) is 36.0 Å². The molecule has 0 atom stereocenters. The number of anilines is 2. The molecule has 0 spiro atoms. The Balaban J connectivity index is 1.23. The Morgan fingerprint density at radius 1 is 1.03 bits per heavy atom. The predicted molar refractivity (Wildman–Crippen MR) is 122 cm³/mol. The molecule has 0 unspecified atom stereocenters. The van der Waals surface area contributed by atoms with Gasteiger partial charge in [-0.25, -0.2) is 9.37 Å². The number of H-pyrrole nitrogens is 1. The van der Waals surface area contributed by atoms with Crippen molar-refractivity contribution in [2.24, 2.45) is 0 Å². The van der Waals surface area contributed by atoms with Crippen LogP contribution in [0.4, 0.5) is 16.0 Å². The molecule has 2 N–H and O–H groups in total. The lowest BCUT2D eigenvalue weighted by Crippen LogP contribution is -2.36. The van der Waals surface area contributed by atoms with E-state index in [9.17, 15) is 14.0 Å². The summed E-state index contributed by atoms with van der Waals surface area (Å²) in [5.74, 6) is 0.725. The minimum atomic E-state index is -0.352. The van der Waals surface area contributed by atoms with Crippen LogP contribution in [0.2, 0.25) is 0 Å². The summed E-state index contributed by atoms with van der Waals surface area (Å²) in [6, 6.07) is 13.5. The zero-order valence-corrected chi connectivity index (χ0v) is 17.8. The van der Waals surface area contributed by atoms with Gasteiger partial charge >= 0.3 is 0 Å². The molecule has 2 aromatic carbocycles. The molecule has 1 aliphatic rings. The van der Waals surface area contributed by atoms with Gasteiger partial charge in [0, 0.05) is 31.9 Å². The first-order valence-electron chi connectivity index (χ1n) is 10.2. The number of fused-ring (bicyclic) bond motifs is 1. The highest BCUT2D eigenvalue weighted by Gasteiger charge is 2.21. The Hall–Kier alpha value is -3.07. The molecule has 162 valence electrons. The second-order valence-electron chi connectivity index (χ2n) is 7.35. The van der Waals surface area contributed by atoms with E-state index < -0.39 is 0 Å². The number of nitrogens with zero attached hydrogens (tertiary/aromatic N) is 3. The van der Waals surface area contributed by atoms with E-state index in [1.807, 2.05) is 29.2 Å². The van der Waals surface area contributed by atoms with E-state index in [0.717, 1.165) is 29.9 Å². The fourth-order valence-corrected chi connectivity index (χ4v) is 4.24. The third-order valence-electron chi connectivity index (χ3n) is 5.11. The summed E-state index contributed by atoms with van der Waals surface area (Å²) in [5, 5.41) is 2.70. The molecular weight excluding hydrogens is 417 g/mol. The van der Waals surface area contributed by atoms with E-state index in [1.54, 1.807) is 0 Å². The van der Waals surface area contributed by atoms with Crippen LogP contribution in [0.5, 0.6) is 0 Å². The zero-order valence-electron chi connectivity index (χ0n) is 17.0. The fourth-order valence-electron chi connectivity index (χ4n) is 3.52. The van der Waals surface area contributed by atoms with Crippen LogP contribution in [-0.4, -0.2) is 64.4 Å². The number of thioether (sulfide) groups is 1. The Morgan fingerprint density at radius 3 is 2.65 bits per heavy atom. The molecule has 4 rings (SSSR count). The van der Waals surface area contributed by atoms with E-state index in [-0.39, 0.29) is 29.1 Å². The second-order valence-corrected chi connectivity index (χ2v) is 8.33. The first-order valence-corrected chi connectivity index (χ1v) is 11.3. The van der Waals surface area contributed by atoms with Gasteiger partial charge in [0.05, 0.1) is 22.5 Å². The van der Waals surface area contributed by atoms with Crippen molar-refractivity contribution < 1.29 is 14.0 Å². The van der Waals surface area contributed by atoms with Gasteiger partial charge in [0.1, 0.15) is 5.82 Å². The molecule has 3 aromatic rings. The zero-order chi connectivity index (χ0) is 21.6. The smallest absolute Gasteiger partial charge is 0.234 e. The SMILES string of the molecule is O=C(CSCC(=O)N1CCCN(c2nc3ccccc3[nH]2)CC1)Nc1ccc(F)cc1. The normalized spacial score (nSPS) is 14.5. The fraction of sp³-hybridized carbons (Fsp3) is 0.318. The molecule has 2 amide bonds. The van der Waals surface area contributed by atoms with Crippen molar-refractivity contribution in [2.45, 2.75) is 6.42 Å². The maximum atomic E-state index is 12.9. The van der Waals surface area contributed by atoms with Gasteiger partial charge in [-0.1, -0.05) is 12.1 Å². The average Bonchev–Trinajstić information content (AvgIpc) is 3.04. The number of aromatic amines is 1. The molecule has 9 heteroatoms. The molecule has 0 saturated carbocycles. The third kappa shape index (κ3) is 5.55. The summed E-state index contributed by atoms with van der Waals surface area (Å²) in [6.07, 6.45) is 0.860. The molecule has 2 heterocycles. The van der Waals surface area contributed by atoms with Crippen LogP contribution in [-0.2, 0) is 9.59 Å². The molecule has 0 aliphatic carbocycles. The summed E-state index contributed by atoms with van der Waals surface area (Å²) in [6.45, 7) is 2.86. The molecule has 1 aromatic heterocycles. The number of rotatable bonds is 6. The molecule has 0 bridgehead atoms. The maximum absolute atomic E-state index is 12.9. The summed E-state index contributed by atoms with van der Waals surface area (Å²) >= 11 is 1.28. The maximum Gasteiger partial charge on any atom is 0.234 e. The molecule has 0 radical (unpaired) electrons. The highest BCUT2D eigenvalue weighted by molar-refractivity contribution is 8.00. The van der Waals surface area contributed by atoms with Crippen molar-refractivity contribution in [1.29, 1.82) is 0 Å². The number of imidazole rings is 1. The van der Waals surface area contributed by atoms with Crippen molar-refractivity contribution in [3.05, 3.63) is 54.3 Å². The number of hydrogen-bond acceptors (Lipinski definition) is 5.